The van der Waals surface area contributed by atoms with Crippen molar-refractivity contribution in [2.24, 2.45) is 22.9 Å². The molecule has 3 heterocycles. The monoisotopic (exact) mass is 980 g/mol. The molecule has 0 radical (unpaired) electrons. The molecule has 0 aliphatic carbocycles. The minimum Gasteiger partial charge on any atom is -0.496 e. The second-order valence-electron chi connectivity index (χ2n) is 20.4. The molecule has 0 saturated carbocycles. The van der Waals surface area contributed by atoms with Crippen LogP contribution < -0.4 is 10.1 Å². The molecule has 18 heteroatoms. The van der Waals surface area contributed by atoms with E-state index in [2.05, 4.69) is 29.2 Å². The Hall–Kier alpha value is -3.17. The first-order valence-corrected chi connectivity index (χ1v) is 25.0. The molecular formula is C51H89N5O13. The molecule has 1 aromatic rings. The number of nitrogens with zero attached hydrogens (tertiary/aromatic N) is 4. The van der Waals surface area contributed by atoms with Crippen LogP contribution in [-0.2, 0) is 42.7 Å². The third-order valence-corrected chi connectivity index (χ3v) is 15.3. The van der Waals surface area contributed by atoms with Gasteiger partial charge in [0.05, 0.1) is 48.8 Å². The molecule has 0 unspecified atom stereocenters. The second kappa shape index (κ2) is 26.0. The molecule has 3 saturated heterocycles. The molecule has 4 rings (SSSR count). The van der Waals surface area contributed by atoms with Crippen LogP contribution in [0.4, 0.5) is 4.79 Å². The van der Waals surface area contributed by atoms with Crippen molar-refractivity contribution in [3.05, 3.63) is 29.8 Å². The number of hydrogen-bond donors (Lipinski definition) is 3. The van der Waals surface area contributed by atoms with Crippen molar-refractivity contribution in [1.29, 1.82) is 0 Å². The lowest BCUT2D eigenvalue weighted by Gasteiger charge is -2.50. The maximum absolute atomic E-state index is 14.5. The van der Waals surface area contributed by atoms with Crippen molar-refractivity contribution in [3.8, 4) is 5.75 Å². The highest BCUT2D eigenvalue weighted by atomic mass is 16.7. The second-order valence-corrected chi connectivity index (χ2v) is 20.4. The van der Waals surface area contributed by atoms with Crippen molar-refractivity contribution >= 4 is 17.8 Å². The zero-order chi connectivity index (χ0) is 51.5. The minimum atomic E-state index is -1.14. The summed E-state index contributed by atoms with van der Waals surface area (Å²) in [5.74, 6) is -1.53. The number of carbonyl (C=O) groups excluding carboxylic acids is 2. The first kappa shape index (κ1) is 58.4. The van der Waals surface area contributed by atoms with Gasteiger partial charge in [0, 0.05) is 75.8 Å². The molecule has 0 bridgehead atoms. The number of alkyl carbamates (subject to hydrolysis) is 1. The summed E-state index contributed by atoms with van der Waals surface area (Å²) in [6.07, 6.45) is -6.19. The van der Waals surface area contributed by atoms with E-state index in [1.165, 1.54) is 0 Å². The molecule has 17 atom stereocenters. The number of nitrogens with one attached hydrogen (secondary N) is 1. The van der Waals surface area contributed by atoms with E-state index in [4.69, 9.17) is 42.6 Å². The van der Waals surface area contributed by atoms with E-state index in [1.807, 2.05) is 104 Å². The summed E-state index contributed by atoms with van der Waals surface area (Å²) in [6, 6.07) is 7.38. The van der Waals surface area contributed by atoms with Crippen LogP contribution in [0.25, 0.3) is 0 Å². The minimum absolute atomic E-state index is 0.0403. The molecule has 0 spiro atoms. The van der Waals surface area contributed by atoms with Gasteiger partial charge in [-0.15, -0.1) is 0 Å². The maximum atomic E-state index is 14.5. The van der Waals surface area contributed by atoms with E-state index in [9.17, 15) is 19.9 Å². The number of para-hydroxylation sites is 1. The van der Waals surface area contributed by atoms with Crippen molar-refractivity contribution in [1.82, 2.24) is 20.0 Å². The van der Waals surface area contributed by atoms with Crippen molar-refractivity contribution in [2.75, 3.05) is 68.7 Å². The van der Waals surface area contributed by atoms with Gasteiger partial charge < -0.3 is 63.2 Å². The Balaban J connectivity index is 1.66. The lowest BCUT2D eigenvalue weighted by Crippen LogP contribution is -2.61. The van der Waals surface area contributed by atoms with Crippen LogP contribution in [-0.4, -0.2) is 190 Å². The number of rotatable bonds is 16. The lowest BCUT2D eigenvalue weighted by molar-refractivity contribution is -0.318. The van der Waals surface area contributed by atoms with Crippen LogP contribution >= 0.6 is 0 Å². The summed E-state index contributed by atoms with van der Waals surface area (Å²) >= 11 is 0. The summed E-state index contributed by atoms with van der Waals surface area (Å²) < 4.78 is 57.6. The van der Waals surface area contributed by atoms with Crippen molar-refractivity contribution in [3.63, 3.8) is 0 Å². The summed E-state index contributed by atoms with van der Waals surface area (Å²) in [5.41, 5.74) is -0.638. The number of aliphatic hydroxyl groups is 1. The maximum Gasteiger partial charge on any atom is 0.407 e. The number of methoxy groups -OCH3 is 3. The third-order valence-electron chi connectivity index (χ3n) is 15.3. The fraction of sp³-hybridized carbons (Fsp3) is 0.824. The first-order valence-electron chi connectivity index (χ1n) is 25.0. The van der Waals surface area contributed by atoms with Gasteiger partial charge in [0.25, 0.3) is 0 Å². The van der Waals surface area contributed by atoms with E-state index < -0.39 is 84.3 Å². The highest BCUT2D eigenvalue weighted by Crippen LogP contribution is 2.42. The van der Waals surface area contributed by atoms with Gasteiger partial charge in [0.15, 0.2) is 18.7 Å². The van der Waals surface area contributed by atoms with E-state index in [0.29, 0.717) is 44.6 Å². The fourth-order valence-corrected chi connectivity index (χ4v) is 10.7. The summed E-state index contributed by atoms with van der Waals surface area (Å²) in [6.45, 7) is 23.4. The molecule has 3 N–H and O–H groups in total. The zero-order valence-electron chi connectivity index (χ0n) is 44.8. The average Bonchev–Trinajstić information content (AvgIpc) is 3.32. The highest BCUT2D eigenvalue weighted by molar-refractivity contribution is 5.90. The van der Waals surface area contributed by atoms with Crippen LogP contribution in [0.15, 0.2) is 29.4 Å². The molecule has 396 valence electrons. The SMILES string of the molecule is CC[C@@H]1CN(C)[C@@H](C)/C(=N/O)[C@H](C)C[C@](C)(OC)[C@H](O[C@@H]2O[C@H](C)C[C@H](N(C)C)[C@H]2O)[C@@H](C)[C@H](O[C@H]2C[C@@](C)(OC)[C@@H](OC(=O)NCCN(CC)[C@@H](C)c3ccccc3OC)[C@H](C)O2)[C@@H](C)C(=O)O1. The molecular weight excluding hydrogens is 891 g/mol. The number of aliphatic hydroxyl groups excluding tert-OH is 1. The predicted molar refractivity (Wildman–Crippen MR) is 262 cm³/mol. The summed E-state index contributed by atoms with van der Waals surface area (Å²) in [5, 5.41) is 29.1. The number of carbonyl (C=O) groups is 2. The van der Waals surface area contributed by atoms with Crippen LogP contribution in [0.2, 0.25) is 0 Å². The Kier molecular flexibility index (Phi) is 22.0. The van der Waals surface area contributed by atoms with Gasteiger partial charge in [0.1, 0.15) is 23.6 Å². The normalized spacial score (nSPS) is 37.8. The van der Waals surface area contributed by atoms with Gasteiger partial charge in [-0.2, -0.15) is 0 Å². The average molecular weight is 980 g/mol. The Morgan fingerprint density at radius 2 is 1.64 bits per heavy atom. The molecule has 3 aliphatic rings. The van der Waals surface area contributed by atoms with Gasteiger partial charge >= 0.3 is 12.1 Å². The van der Waals surface area contributed by atoms with E-state index in [-0.39, 0.29) is 36.6 Å². The first-order chi connectivity index (χ1) is 32.5. The van der Waals surface area contributed by atoms with Crippen LogP contribution in [0, 0.1) is 17.8 Å². The number of likely N-dealkylation sites (N-methyl/N-ethyl adjacent to an activating group) is 3. The third kappa shape index (κ3) is 14.3. The summed E-state index contributed by atoms with van der Waals surface area (Å²) in [7, 11) is 10.6. The Morgan fingerprint density at radius 1 is 0.986 bits per heavy atom. The number of hydrogen-bond acceptors (Lipinski definition) is 17. The van der Waals surface area contributed by atoms with Gasteiger partial charge in [-0.05, 0) is 101 Å². The van der Waals surface area contributed by atoms with Crippen molar-refractivity contribution < 1.29 is 62.5 Å². The van der Waals surface area contributed by atoms with E-state index >= 15 is 0 Å². The fourth-order valence-electron chi connectivity index (χ4n) is 10.7. The van der Waals surface area contributed by atoms with Gasteiger partial charge in [-0.25, -0.2) is 4.79 Å². The number of amides is 1. The van der Waals surface area contributed by atoms with Gasteiger partial charge in [0.2, 0.25) is 0 Å². The molecule has 18 nitrogen and oxygen atoms in total. The largest absolute Gasteiger partial charge is 0.496 e. The standard InChI is InChI=1S/C51H89N5O13/c1-18-37-29-55(14)35(8)42(53-60)30(3)27-50(10,62-16)45(68-48-43(57)39(54(12)13)26-31(4)64-48)32(5)44(33(6)47(58)66-37)67-41-28-51(11,63-17)46(36(9)65-41)69-49(59)52-24-25-56(19-2)34(7)38-22-20-21-23-40(38)61-15/h20-23,30-37,39,41,43-46,48,57,60H,18-19,24-29H2,1-17H3,(H,52,59)/b53-42+/t30-,31-,32+,33-,34+,35+,36+,37-,39+,41+,43-,44+,45-,46+,48+,50+,51-/m1/s1. The molecule has 1 amide bonds. The number of ether oxygens (including phenoxy) is 9. The topological polar surface area (TPSA) is 192 Å². The predicted octanol–water partition coefficient (Wildman–Crippen LogP) is 6.10. The van der Waals surface area contributed by atoms with Crippen LogP contribution in [0.3, 0.4) is 0 Å². The Labute approximate surface area is 412 Å². The van der Waals surface area contributed by atoms with E-state index in [1.54, 1.807) is 35.2 Å². The zero-order valence-corrected chi connectivity index (χ0v) is 44.8. The van der Waals surface area contributed by atoms with Crippen LogP contribution in [0.1, 0.15) is 113 Å². The molecule has 69 heavy (non-hydrogen) atoms. The number of esters is 1. The molecule has 1 aromatic carbocycles. The number of cyclic esters (lactones) is 1. The lowest BCUT2D eigenvalue weighted by atomic mass is 9.76. The van der Waals surface area contributed by atoms with Crippen LogP contribution in [0.5, 0.6) is 5.75 Å². The molecule has 0 aromatic heterocycles. The Morgan fingerprint density at radius 3 is 2.23 bits per heavy atom. The summed E-state index contributed by atoms with van der Waals surface area (Å²) in [4.78, 5) is 34.2. The van der Waals surface area contributed by atoms with Crippen molar-refractivity contribution in [2.45, 2.75) is 186 Å². The number of benzene rings is 1. The Bertz CT molecular complexity index is 1790. The molecule has 3 fully saturated rings. The molecule has 3 aliphatic heterocycles. The van der Waals surface area contributed by atoms with Gasteiger partial charge in [-0.3, -0.25) is 14.6 Å². The highest BCUT2D eigenvalue weighted by Gasteiger charge is 2.53. The quantitative estimate of drug-likeness (QED) is 0.0978. The van der Waals surface area contributed by atoms with E-state index in [0.717, 1.165) is 17.9 Å². The van der Waals surface area contributed by atoms with Gasteiger partial charge in [-0.1, -0.05) is 51.0 Å². The number of oxime groups is 1. The smallest absolute Gasteiger partial charge is 0.407 e.